The van der Waals surface area contributed by atoms with Crippen LogP contribution in [0.25, 0.3) is 0 Å². The number of nitrogens with two attached hydrogens (primary N) is 1. The van der Waals surface area contributed by atoms with Gasteiger partial charge in [0.05, 0.1) is 6.54 Å². The van der Waals surface area contributed by atoms with E-state index in [-0.39, 0.29) is 11.9 Å². The third-order valence-electron chi connectivity index (χ3n) is 8.97. The summed E-state index contributed by atoms with van der Waals surface area (Å²) in [6.45, 7) is 6.74. The topological polar surface area (TPSA) is 91.0 Å². The summed E-state index contributed by atoms with van der Waals surface area (Å²) in [5.41, 5.74) is 7.92. The standard InChI is InChI=1S/C29H43N5O2.C3H8/c30-27-32-29(19-23-9-5-2-6-10-23,16-15-22-7-3-1-4-8-22)26(35)34(27)21-25-13-11-24(12-14-25)20-33-18-17-31-28(33)36;1-3-2/h11-14,22-23H,1-10,15-21H2,(H2,30,32)(H,31,36);3H2,1-2H3. The van der Waals surface area contributed by atoms with E-state index >= 15 is 0 Å². The number of nitrogens with one attached hydrogen (secondary N) is 1. The Morgan fingerprint density at radius 1 is 0.897 bits per heavy atom. The molecule has 3 N–H and O–H groups in total. The molecule has 7 nitrogen and oxygen atoms in total. The molecule has 2 aliphatic heterocycles. The fraction of sp³-hybridized carbons (Fsp3) is 0.719. The van der Waals surface area contributed by atoms with Crippen LogP contribution in [0.4, 0.5) is 4.79 Å². The van der Waals surface area contributed by atoms with Gasteiger partial charge in [-0.2, -0.15) is 0 Å². The Morgan fingerprint density at radius 3 is 2.03 bits per heavy atom. The molecular formula is C32H51N5O2. The minimum Gasteiger partial charge on any atom is -0.369 e. The fourth-order valence-corrected chi connectivity index (χ4v) is 6.84. The third kappa shape index (κ3) is 7.76. The molecule has 0 spiro atoms. The van der Waals surface area contributed by atoms with Crippen LogP contribution in [0.5, 0.6) is 0 Å². The second kappa shape index (κ2) is 14.2. The predicted molar refractivity (Wildman–Crippen MR) is 158 cm³/mol. The number of hydrogen-bond acceptors (Lipinski definition) is 4. The fourth-order valence-electron chi connectivity index (χ4n) is 6.84. The predicted octanol–water partition coefficient (Wildman–Crippen LogP) is 6.35. The number of benzene rings is 1. The third-order valence-corrected chi connectivity index (χ3v) is 8.97. The highest BCUT2D eigenvalue weighted by Gasteiger charge is 2.48. The van der Waals surface area contributed by atoms with Gasteiger partial charge in [0.1, 0.15) is 5.54 Å². The Bertz CT molecular complexity index is 965. The molecule has 3 fully saturated rings. The van der Waals surface area contributed by atoms with Crippen molar-refractivity contribution in [1.29, 1.82) is 0 Å². The smallest absolute Gasteiger partial charge is 0.317 e. The van der Waals surface area contributed by atoms with Gasteiger partial charge in [0.2, 0.25) is 0 Å². The van der Waals surface area contributed by atoms with Crippen molar-refractivity contribution in [2.24, 2.45) is 22.6 Å². The molecule has 0 aromatic heterocycles. The van der Waals surface area contributed by atoms with Gasteiger partial charge in [-0.3, -0.25) is 9.69 Å². The van der Waals surface area contributed by atoms with Crippen LogP contribution >= 0.6 is 0 Å². The first-order valence-electron chi connectivity index (χ1n) is 15.7. The quantitative estimate of drug-likeness (QED) is 0.384. The van der Waals surface area contributed by atoms with Crippen molar-refractivity contribution in [3.63, 3.8) is 0 Å². The van der Waals surface area contributed by atoms with Gasteiger partial charge in [0.15, 0.2) is 5.96 Å². The summed E-state index contributed by atoms with van der Waals surface area (Å²) in [5.74, 6) is 1.80. The number of rotatable bonds is 9. The number of hydrogen-bond donors (Lipinski definition) is 2. The zero-order chi connectivity index (χ0) is 27.7. The number of nitrogens with zero attached hydrogens (tertiary/aromatic N) is 3. The second-order valence-corrected chi connectivity index (χ2v) is 12.3. The first kappa shape index (κ1) is 29.4. The average molecular weight is 538 g/mol. The van der Waals surface area contributed by atoms with Gasteiger partial charge in [-0.05, 0) is 42.2 Å². The van der Waals surface area contributed by atoms with Crippen LogP contribution in [-0.4, -0.2) is 46.3 Å². The van der Waals surface area contributed by atoms with Crippen LogP contribution < -0.4 is 11.1 Å². The lowest BCUT2D eigenvalue weighted by molar-refractivity contribution is -0.132. The van der Waals surface area contributed by atoms with Gasteiger partial charge >= 0.3 is 6.03 Å². The minimum atomic E-state index is -0.674. The molecule has 3 amide bonds. The molecule has 1 atom stereocenters. The minimum absolute atomic E-state index is 0.00624. The number of aliphatic imine (C=N–C) groups is 1. The SMILES string of the molecule is CCC.NC1=NC(CCC2CCCCC2)(CC2CCCCC2)C(=O)N1Cc1ccc(CN2CCNC2=O)cc1. The molecule has 7 heteroatoms. The summed E-state index contributed by atoms with van der Waals surface area (Å²) >= 11 is 0. The number of carbonyl (C=O) groups excluding carboxylic acids is 2. The maximum atomic E-state index is 14.0. The summed E-state index contributed by atoms with van der Waals surface area (Å²) in [4.78, 5) is 34.4. The van der Waals surface area contributed by atoms with Gasteiger partial charge < -0.3 is 16.0 Å². The molecule has 2 aliphatic carbocycles. The van der Waals surface area contributed by atoms with E-state index < -0.39 is 5.54 Å². The summed E-state index contributed by atoms with van der Waals surface area (Å²) < 4.78 is 0. The number of guanidine groups is 1. The van der Waals surface area contributed by atoms with E-state index in [1.165, 1.54) is 70.6 Å². The molecule has 2 heterocycles. The normalized spacial score (nSPS) is 24.4. The molecule has 1 unspecified atom stereocenters. The van der Waals surface area contributed by atoms with E-state index in [9.17, 15) is 9.59 Å². The Balaban J connectivity index is 0.00000112. The molecule has 1 aromatic rings. The second-order valence-electron chi connectivity index (χ2n) is 12.3. The van der Waals surface area contributed by atoms with Crippen molar-refractivity contribution < 1.29 is 9.59 Å². The van der Waals surface area contributed by atoms with Crippen molar-refractivity contribution in [2.45, 2.75) is 122 Å². The van der Waals surface area contributed by atoms with Gasteiger partial charge in [-0.25, -0.2) is 9.79 Å². The molecule has 39 heavy (non-hydrogen) atoms. The van der Waals surface area contributed by atoms with Crippen LogP contribution in [-0.2, 0) is 17.9 Å². The summed E-state index contributed by atoms with van der Waals surface area (Å²) in [6, 6.07) is 8.19. The van der Waals surface area contributed by atoms with Crippen LogP contribution in [0.1, 0.15) is 115 Å². The molecule has 216 valence electrons. The Hall–Kier alpha value is -2.57. The van der Waals surface area contributed by atoms with Gasteiger partial charge in [0.25, 0.3) is 5.91 Å². The van der Waals surface area contributed by atoms with Crippen molar-refractivity contribution in [2.75, 3.05) is 13.1 Å². The maximum absolute atomic E-state index is 14.0. The molecule has 4 aliphatic rings. The first-order valence-corrected chi connectivity index (χ1v) is 15.7. The highest BCUT2D eigenvalue weighted by molar-refractivity contribution is 6.06. The molecule has 0 bridgehead atoms. The largest absolute Gasteiger partial charge is 0.369 e. The van der Waals surface area contributed by atoms with E-state index in [4.69, 9.17) is 10.7 Å². The van der Waals surface area contributed by atoms with Gasteiger partial charge in [0, 0.05) is 19.6 Å². The molecule has 1 aromatic carbocycles. The van der Waals surface area contributed by atoms with Crippen LogP contribution in [0.2, 0.25) is 0 Å². The van der Waals surface area contributed by atoms with Crippen molar-refractivity contribution >= 4 is 17.9 Å². The average Bonchev–Trinajstić information content (AvgIpc) is 3.45. The summed E-state index contributed by atoms with van der Waals surface area (Å²) in [6.07, 6.45) is 16.9. The highest BCUT2D eigenvalue weighted by atomic mass is 16.2. The maximum Gasteiger partial charge on any atom is 0.317 e. The number of carbonyl (C=O) groups is 2. The molecule has 0 radical (unpaired) electrons. The molecule has 1 saturated heterocycles. The lowest BCUT2D eigenvalue weighted by Crippen LogP contribution is -2.45. The monoisotopic (exact) mass is 537 g/mol. The van der Waals surface area contributed by atoms with Crippen LogP contribution in [0.15, 0.2) is 29.3 Å². The zero-order valence-corrected chi connectivity index (χ0v) is 24.4. The van der Waals surface area contributed by atoms with E-state index in [0.29, 0.717) is 31.5 Å². The van der Waals surface area contributed by atoms with E-state index in [1.54, 1.807) is 4.90 Å². The molecule has 2 saturated carbocycles. The summed E-state index contributed by atoms with van der Waals surface area (Å²) in [5, 5.41) is 2.84. The Kier molecular flexibility index (Phi) is 10.7. The number of urea groups is 1. The Morgan fingerprint density at radius 2 is 1.46 bits per heavy atom. The van der Waals surface area contributed by atoms with Crippen molar-refractivity contribution in [3.05, 3.63) is 35.4 Å². The lowest BCUT2D eigenvalue weighted by atomic mass is 9.75. The van der Waals surface area contributed by atoms with Crippen molar-refractivity contribution in [1.82, 2.24) is 15.1 Å². The zero-order valence-electron chi connectivity index (χ0n) is 24.4. The van der Waals surface area contributed by atoms with E-state index in [2.05, 4.69) is 19.2 Å². The van der Waals surface area contributed by atoms with Crippen molar-refractivity contribution in [3.8, 4) is 0 Å². The Labute approximate surface area is 236 Å². The number of amides is 3. The van der Waals surface area contributed by atoms with Crippen LogP contribution in [0, 0.1) is 11.8 Å². The first-order chi connectivity index (χ1) is 18.9. The lowest BCUT2D eigenvalue weighted by Gasteiger charge is -2.33. The molecular weight excluding hydrogens is 486 g/mol. The summed E-state index contributed by atoms with van der Waals surface area (Å²) in [7, 11) is 0. The van der Waals surface area contributed by atoms with Gasteiger partial charge in [-0.1, -0.05) is 109 Å². The van der Waals surface area contributed by atoms with Crippen LogP contribution in [0.3, 0.4) is 0 Å². The van der Waals surface area contributed by atoms with E-state index in [1.807, 2.05) is 29.2 Å². The van der Waals surface area contributed by atoms with E-state index in [0.717, 1.165) is 42.9 Å². The van der Waals surface area contributed by atoms with Gasteiger partial charge in [-0.15, -0.1) is 0 Å². The molecule has 5 rings (SSSR count). The highest BCUT2D eigenvalue weighted by Crippen LogP contribution is 2.41.